The Hall–Kier alpha value is -0.130. The van der Waals surface area contributed by atoms with Crippen LogP contribution in [-0.2, 0) is 10.0 Å². The minimum atomic E-state index is -3.03. The molecule has 1 fully saturated rings. The summed E-state index contributed by atoms with van der Waals surface area (Å²) in [6, 6.07) is 0.345. The molecule has 0 amide bonds. The van der Waals surface area contributed by atoms with Crippen LogP contribution in [0.2, 0.25) is 0 Å². The minimum Gasteiger partial charge on any atom is -0.313 e. The van der Waals surface area contributed by atoms with E-state index in [-0.39, 0.29) is 5.75 Å². The zero-order valence-corrected chi connectivity index (χ0v) is 11.4. The summed E-state index contributed by atoms with van der Waals surface area (Å²) in [5, 5.41) is 3.14. The first-order valence-electron chi connectivity index (χ1n) is 6.17. The molecule has 1 heterocycles. The predicted molar refractivity (Wildman–Crippen MR) is 66.9 cm³/mol. The molecule has 1 saturated heterocycles. The van der Waals surface area contributed by atoms with Gasteiger partial charge in [-0.1, -0.05) is 27.2 Å². The first kappa shape index (κ1) is 13.9. The van der Waals surface area contributed by atoms with Crippen LogP contribution in [-0.4, -0.2) is 44.2 Å². The molecule has 1 rings (SSSR count). The lowest BCUT2D eigenvalue weighted by Crippen LogP contribution is -2.36. The number of hydrogen-bond acceptors (Lipinski definition) is 3. The second kappa shape index (κ2) is 5.98. The van der Waals surface area contributed by atoms with Gasteiger partial charge < -0.3 is 5.32 Å². The molecular formula is C11H24N2O2S. The Morgan fingerprint density at radius 2 is 2.12 bits per heavy atom. The third-order valence-electron chi connectivity index (χ3n) is 3.13. The quantitative estimate of drug-likeness (QED) is 0.764. The number of nitrogens with zero attached hydrogens (tertiary/aromatic N) is 1. The first-order chi connectivity index (χ1) is 7.45. The lowest BCUT2D eigenvalue weighted by atomic mass is 10.1. The van der Waals surface area contributed by atoms with Gasteiger partial charge in [0.2, 0.25) is 10.0 Å². The molecule has 0 spiro atoms. The summed E-state index contributed by atoms with van der Waals surface area (Å²) in [7, 11) is -3.03. The highest BCUT2D eigenvalue weighted by Gasteiger charge is 2.29. The Morgan fingerprint density at radius 3 is 2.62 bits per heavy atom. The Labute approximate surface area is 99.5 Å². The molecule has 96 valence electrons. The molecule has 1 unspecified atom stereocenters. The van der Waals surface area contributed by atoms with Gasteiger partial charge in [-0.15, -0.1) is 0 Å². The van der Waals surface area contributed by atoms with Gasteiger partial charge in [0, 0.05) is 25.7 Å². The Morgan fingerprint density at radius 1 is 1.44 bits per heavy atom. The van der Waals surface area contributed by atoms with Crippen LogP contribution in [0.4, 0.5) is 0 Å². The second-order valence-electron chi connectivity index (χ2n) is 4.85. The highest BCUT2D eigenvalue weighted by atomic mass is 32.2. The lowest BCUT2D eigenvalue weighted by molar-refractivity contribution is 0.450. The van der Waals surface area contributed by atoms with Gasteiger partial charge >= 0.3 is 0 Å². The smallest absolute Gasteiger partial charge is 0.215 e. The normalized spacial score (nSPS) is 23.1. The van der Waals surface area contributed by atoms with Crippen molar-refractivity contribution in [2.75, 3.05) is 25.4 Å². The summed E-state index contributed by atoms with van der Waals surface area (Å²) >= 11 is 0. The molecule has 0 aliphatic carbocycles. The number of nitrogens with one attached hydrogen (secondary N) is 1. The van der Waals surface area contributed by atoms with Crippen molar-refractivity contribution in [3.63, 3.8) is 0 Å². The fraction of sp³-hybridized carbons (Fsp3) is 1.00. The molecule has 0 saturated carbocycles. The molecule has 0 radical (unpaired) electrons. The highest BCUT2D eigenvalue weighted by molar-refractivity contribution is 7.89. The van der Waals surface area contributed by atoms with E-state index in [1.54, 1.807) is 4.31 Å². The van der Waals surface area contributed by atoms with Gasteiger partial charge in [-0.2, -0.15) is 0 Å². The molecule has 0 aromatic rings. The molecule has 1 aliphatic rings. The molecular weight excluding hydrogens is 224 g/mol. The topological polar surface area (TPSA) is 49.4 Å². The summed E-state index contributed by atoms with van der Waals surface area (Å²) < 4.78 is 25.6. The third-order valence-corrected chi connectivity index (χ3v) is 4.97. The zero-order chi connectivity index (χ0) is 12.2. The van der Waals surface area contributed by atoms with Gasteiger partial charge in [0.25, 0.3) is 0 Å². The standard InChI is InChI=1S/C11H24N2O2S/c1-4-11-5-7-13(9-11)16(14,15)8-6-12-10(2)3/h10-12H,4-9H2,1-3H3. The van der Waals surface area contributed by atoms with Crippen molar-refractivity contribution in [1.82, 2.24) is 9.62 Å². The van der Waals surface area contributed by atoms with Gasteiger partial charge in [-0.3, -0.25) is 0 Å². The molecule has 0 aromatic heterocycles. The summed E-state index contributed by atoms with van der Waals surface area (Å²) in [5.74, 6) is 0.787. The van der Waals surface area contributed by atoms with Crippen molar-refractivity contribution in [3.8, 4) is 0 Å². The Balaban J connectivity index is 2.39. The van der Waals surface area contributed by atoms with E-state index in [4.69, 9.17) is 0 Å². The molecule has 5 heteroatoms. The Bertz CT molecular complexity index is 301. The molecule has 4 nitrogen and oxygen atoms in total. The number of rotatable bonds is 6. The molecule has 1 aliphatic heterocycles. The van der Waals surface area contributed by atoms with E-state index in [2.05, 4.69) is 12.2 Å². The van der Waals surface area contributed by atoms with Gasteiger partial charge in [-0.05, 0) is 12.3 Å². The maximum atomic E-state index is 12.0. The summed E-state index contributed by atoms with van der Waals surface area (Å²) in [5.41, 5.74) is 0. The molecule has 0 aromatic carbocycles. The van der Waals surface area contributed by atoms with Crippen LogP contribution < -0.4 is 5.32 Å². The van der Waals surface area contributed by atoms with Crippen LogP contribution in [0.3, 0.4) is 0 Å². The van der Waals surface area contributed by atoms with E-state index in [0.717, 1.165) is 19.4 Å². The van der Waals surface area contributed by atoms with Crippen LogP contribution >= 0.6 is 0 Å². The average molecular weight is 248 g/mol. The molecule has 0 bridgehead atoms. The number of hydrogen-bond donors (Lipinski definition) is 1. The van der Waals surface area contributed by atoms with Crippen LogP contribution in [0.5, 0.6) is 0 Å². The second-order valence-corrected chi connectivity index (χ2v) is 6.93. The van der Waals surface area contributed by atoms with Crippen molar-refractivity contribution in [2.45, 2.75) is 39.7 Å². The fourth-order valence-electron chi connectivity index (χ4n) is 1.99. The number of sulfonamides is 1. The lowest BCUT2D eigenvalue weighted by Gasteiger charge is -2.17. The Kier molecular flexibility index (Phi) is 5.21. The molecule has 1 atom stereocenters. The maximum Gasteiger partial charge on any atom is 0.215 e. The average Bonchev–Trinajstić information content (AvgIpc) is 2.65. The van der Waals surface area contributed by atoms with E-state index in [1.807, 2.05) is 13.8 Å². The van der Waals surface area contributed by atoms with Crippen LogP contribution in [0.15, 0.2) is 0 Å². The predicted octanol–water partition coefficient (Wildman–Crippen LogP) is 1.05. The van der Waals surface area contributed by atoms with Gasteiger partial charge in [-0.25, -0.2) is 12.7 Å². The van der Waals surface area contributed by atoms with E-state index < -0.39 is 10.0 Å². The summed E-state index contributed by atoms with van der Waals surface area (Å²) in [4.78, 5) is 0. The minimum absolute atomic E-state index is 0.224. The van der Waals surface area contributed by atoms with Gasteiger partial charge in [0.05, 0.1) is 5.75 Å². The first-order valence-corrected chi connectivity index (χ1v) is 7.77. The molecule has 16 heavy (non-hydrogen) atoms. The summed E-state index contributed by atoms with van der Waals surface area (Å²) in [6.45, 7) is 8.16. The van der Waals surface area contributed by atoms with Crippen LogP contribution in [0.1, 0.15) is 33.6 Å². The van der Waals surface area contributed by atoms with Crippen molar-refractivity contribution >= 4 is 10.0 Å². The van der Waals surface area contributed by atoms with E-state index in [0.29, 0.717) is 25.0 Å². The van der Waals surface area contributed by atoms with Crippen LogP contribution in [0, 0.1) is 5.92 Å². The van der Waals surface area contributed by atoms with E-state index in [9.17, 15) is 8.42 Å². The van der Waals surface area contributed by atoms with E-state index in [1.165, 1.54) is 0 Å². The van der Waals surface area contributed by atoms with E-state index >= 15 is 0 Å². The highest BCUT2D eigenvalue weighted by Crippen LogP contribution is 2.21. The van der Waals surface area contributed by atoms with Crippen molar-refractivity contribution < 1.29 is 8.42 Å². The van der Waals surface area contributed by atoms with Crippen molar-refractivity contribution in [3.05, 3.63) is 0 Å². The molecule has 1 N–H and O–H groups in total. The largest absolute Gasteiger partial charge is 0.313 e. The van der Waals surface area contributed by atoms with Gasteiger partial charge in [0.1, 0.15) is 0 Å². The summed E-state index contributed by atoms with van der Waals surface area (Å²) in [6.07, 6.45) is 2.10. The van der Waals surface area contributed by atoms with Crippen molar-refractivity contribution in [2.24, 2.45) is 5.92 Å². The fourth-order valence-corrected chi connectivity index (χ4v) is 3.44. The zero-order valence-electron chi connectivity index (χ0n) is 10.6. The maximum absolute atomic E-state index is 12.0. The van der Waals surface area contributed by atoms with Crippen LogP contribution in [0.25, 0.3) is 0 Å². The monoisotopic (exact) mass is 248 g/mol. The van der Waals surface area contributed by atoms with Gasteiger partial charge in [0.15, 0.2) is 0 Å². The SMILES string of the molecule is CCC1CCN(S(=O)(=O)CCNC(C)C)C1. The van der Waals surface area contributed by atoms with Crippen molar-refractivity contribution in [1.29, 1.82) is 0 Å². The third kappa shape index (κ3) is 4.03.